The quantitative estimate of drug-likeness (QED) is 0.578. The molecule has 0 aromatic heterocycles. The van der Waals surface area contributed by atoms with Crippen LogP contribution in [0.25, 0.3) is 0 Å². The SMILES string of the molecule is ONCc1ccc(F)cc1C(F)(F)F. The van der Waals surface area contributed by atoms with Crippen molar-refractivity contribution in [3.05, 3.63) is 35.1 Å². The van der Waals surface area contributed by atoms with Crippen molar-refractivity contribution in [2.24, 2.45) is 0 Å². The molecule has 0 unspecified atom stereocenters. The predicted octanol–water partition coefficient (Wildman–Crippen LogP) is 2.32. The van der Waals surface area contributed by atoms with Crippen LogP contribution in [-0.4, -0.2) is 5.21 Å². The minimum atomic E-state index is -4.62. The first-order valence-electron chi connectivity index (χ1n) is 3.67. The summed E-state index contributed by atoms with van der Waals surface area (Å²) in [5.74, 6) is -0.959. The summed E-state index contributed by atoms with van der Waals surface area (Å²) in [4.78, 5) is 0. The van der Waals surface area contributed by atoms with Gasteiger partial charge in [0.1, 0.15) is 5.82 Å². The van der Waals surface area contributed by atoms with Crippen LogP contribution in [0.4, 0.5) is 17.6 Å². The Hall–Kier alpha value is -1.14. The molecule has 1 rings (SSSR count). The van der Waals surface area contributed by atoms with Crippen LogP contribution in [0.3, 0.4) is 0 Å². The van der Waals surface area contributed by atoms with Gasteiger partial charge in [-0.3, -0.25) is 0 Å². The van der Waals surface area contributed by atoms with Gasteiger partial charge >= 0.3 is 6.18 Å². The average Bonchev–Trinajstić information content (AvgIpc) is 2.07. The van der Waals surface area contributed by atoms with Gasteiger partial charge < -0.3 is 5.21 Å². The lowest BCUT2D eigenvalue weighted by atomic mass is 10.1. The summed E-state index contributed by atoms with van der Waals surface area (Å²) in [6.45, 7) is -0.380. The number of hydrogen-bond acceptors (Lipinski definition) is 2. The number of rotatable bonds is 2. The lowest BCUT2D eigenvalue weighted by molar-refractivity contribution is -0.138. The summed E-state index contributed by atoms with van der Waals surface area (Å²) in [6.07, 6.45) is -4.62. The van der Waals surface area contributed by atoms with Crippen molar-refractivity contribution in [3.8, 4) is 0 Å². The third kappa shape index (κ3) is 2.43. The highest BCUT2D eigenvalue weighted by Crippen LogP contribution is 2.32. The summed E-state index contributed by atoms with van der Waals surface area (Å²) in [7, 11) is 0. The molecule has 0 radical (unpaired) electrons. The first kappa shape index (κ1) is 10.9. The number of hydrogen-bond donors (Lipinski definition) is 2. The molecule has 0 aliphatic carbocycles. The molecule has 1 aromatic carbocycles. The molecule has 0 aliphatic rings. The van der Waals surface area contributed by atoms with Crippen LogP contribution >= 0.6 is 0 Å². The van der Waals surface area contributed by atoms with Gasteiger partial charge in [0.2, 0.25) is 0 Å². The smallest absolute Gasteiger partial charge is 0.316 e. The average molecular weight is 209 g/mol. The van der Waals surface area contributed by atoms with Gasteiger partial charge in [0.25, 0.3) is 0 Å². The van der Waals surface area contributed by atoms with Crippen molar-refractivity contribution >= 4 is 0 Å². The Bertz CT molecular complexity index is 324. The summed E-state index contributed by atoms with van der Waals surface area (Å²) >= 11 is 0. The van der Waals surface area contributed by atoms with E-state index in [4.69, 9.17) is 5.21 Å². The zero-order valence-corrected chi connectivity index (χ0v) is 6.90. The van der Waals surface area contributed by atoms with E-state index in [-0.39, 0.29) is 12.1 Å². The molecule has 0 atom stereocenters. The molecule has 2 N–H and O–H groups in total. The Morgan fingerprint density at radius 3 is 2.43 bits per heavy atom. The van der Waals surface area contributed by atoms with Crippen LogP contribution < -0.4 is 5.48 Å². The molecule has 78 valence electrons. The molecule has 14 heavy (non-hydrogen) atoms. The Morgan fingerprint density at radius 1 is 1.29 bits per heavy atom. The highest BCUT2D eigenvalue weighted by atomic mass is 19.4. The van der Waals surface area contributed by atoms with Gasteiger partial charge in [0.15, 0.2) is 0 Å². The molecule has 0 fully saturated rings. The molecule has 0 heterocycles. The Balaban J connectivity index is 3.16. The second-order valence-corrected chi connectivity index (χ2v) is 2.63. The van der Waals surface area contributed by atoms with E-state index in [9.17, 15) is 17.6 Å². The summed E-state index contributed by atoms with van der Waals surface area (Å²) in [5.41, 5.74) is 0.302. The minimum Gasteiger partial charge on any atom is -0.316 e. The van der Waals surface area contributed by atoms with Gasteiger partial charge in [-0.05, 0) is 17.7 Å². The first-order valence-corrected chi connectivity index (χ1v) is 3.67. The molecule has 1 aromatic rings. The Morgan fingerprint density at radius 2 is 1.93 bits per heavy atom. The maximum Gasteiger partial charge on any atom is 0.416 e. The minimum absolute atomic E-state index is 0.207. The number of benzene rings is 1. The fraction of sp³-hybridized carbons (Fsp3) is 0.250. The molecule has 0 bridgehead atoms. The third-order valence-electron chi connectivity index (χ3n) is 1.65. The zero-order valence-electron chi connectivity index (χ0n) is 6.90. The monoisotopic (exact) mass is 209 g/mol. The van der Waals surface area contributed by atoms with Crippen molar-refractivity contribution in [1.29, 1.82) is 0 Å². The second kappa shape index (κ2) is 3.93. The summed E-state index contributed by atoms with van der Waals surface area (Å²) < 4.78 is 49.4. The Labute approximate surface area is 77.1 Å². The van der Waals surface area contributed by atoms with Gasteiger partial charge in [0, 0.05) is 6.54 Å². The maximum atomic E-state index is 12.5. The van der Waals surface area contributed by atoms with E-state index in [1.54, 1.807) is 5.48 Å². The number of alkyl halides is 3. The molecular formula is C8H7F4NO. The van der Waals surface area contributed by atoms with Crippen molar-refractivity contribution in [2.45, 2.75) is 12.7 Å². The normalized spacial score (nSPS) is 11.8. The highest BCUT2D eigenvalue weighted by molar-refractivity contribution is 5.30. The largest absolute Gasteiger partial charge is 0.416 e. The molecule has 0 saturated heterocycles. The summed E-state index contributed by atoms with van der Waals surface area (Å²) in [6, 6.07) is 2.27. The van der Waals surface area contributed by atoms with E-state index >= 15 is 0 Å². The van der Waals surface area contributed by atoms with Crippen LogP contribution in [0.15, 0.2) is 18.2 Å². The molecule has 6 heteroatoms. The van der Waals surface area contributed by atoms with E-state index in [1.165, 1.54) is 0 Å². The maximum absolute atomic E-state index is 12.5. The van der Waals surface area contributed by atoms with Crippen LogP contribution in [-0.2, 0) is 12.7 Å². The number of nitrogens with one attached hydrogen (secondary N) is 1. The first-order chi connectivity index (χ1) is 6.45. The molecular weight excluding hydrogens is 202 g/mol. The fourth-order valence-electron chi connectivity index (χ4n) is 1.05. The second-order valence-electron chi connectivity index (χ2n) is 2.63. The molecule has 2 nitrogen and oxygen atoms in total. The topological polar surface area (TPSA) is 32.3 Å². The predicted molar refractivity (Wildman–Crippen MR) is 40.0 cm³/mol. The van der Waals surface area contributed by atoms with E-state index in [2.05, 4.69) is 0 Å². The standard InChI is InChI=1S/C8H7F4NO/c9-6-2-1-5(4-13-14)7(3-6)8(10,11)12/h1-3,13-14H,4H2. The van der Waals surface area contributed by atoms with Gasteiger partial charge in [0.05, 0.1) is 5.56 Å². The fourth-order valence-corrected chi connectivity index (χ4v) is 1.05. The molecule has 0 spiro atoms. The zero-order chi connectivity index (χ0) is 10.8. The highest BCUT2D eigenvalue weighted by Gasteiger charge is 2.33. The number of halogens is 4. The van der Waals surface area contributed by atoms with Crippen LogP contribution in [0.2, 0.25) is 0 Å². The lowest BCUT2D eigenvalue weighted by Gasteiger charge is -2.11. The van der Waals surface area contributed by atoms with Crippen LogP contribution in [0, 0.1) is 5.82 Å². The third-order valence-corrected chi connectivity index (χ3v) is 1.65. The molecule has 0 aliphatic heterocycles. The van der Waals surface area contributed by atoms with Crippen molar-refractivity contribution in [3.63, 3.8) is 0 Å². The summed E-state index contributed by atoms with van der Waals surface area (Å²) in [5, 5.41) is 8.27. The van der Waals surface area contributed by atoms with E-state index in [0.29, 0.717) is 6.07 Å². The Kier molecular flexibility index (Phi) is 3.07. The van der Waals surface area contributed by atoms with Crippen LogP contribution in [0.5, 0.6) is 0 Å². The van der Waals surface area contributed by atoms with Crippen molar-refractivity contribution < 1.29 is 22.8 Å². The van der Waals surface area contributed by atoms with Crippen molar-refractivity contribution in [1.82, 2.24) is 5.48 Å². The van der Waals surface area contributed by atoms with Gasteiger partial charge in [-0.25, -0.2) is 9.87 Å². The van der Waals surface area contributed by atoms with Crippen molar-refractivity contribution in [2.75, 3.05) is 0 Å². The van der Waals surface area contributed by atoms with Crippen LogP contribution in [0.1, 0.15) is 11.1 Å². The van der Waals surface area contributed by atoms with E-state index < -0.39 is 17.6 Å². The molecule has 0 saturated carbocycles. The van der Waals surface area contributed by atoms with Gasteiger partial charge in [-0.1, -0.05) is 6.07 Å². The van der Waals surface area contributed by atoms with Gasteiger partial charge in [-0.15, -0.1) is 0 Å². The lowest BCUT2D eigenvalue weighted by Crippen LogP contribution is -2.14. The number of hydroxylamine groups is 1. The van der Waals surface area contributed by atoms with Gasteiger partial charge in [-0.2, -0.15) is 13.2 Å². The van der Waals surface area contributed by atoms with E-state index in [1.807, 2.05) is 0 Å². The molecule has 0 amide bonds. The van der Waals surface area contributed by atoms with E-state index in [0.717, 1.165) is 12.1 Å².